The van der Waals surface area contributed by atoms with Crippen LogP contribution in [0, 0.1) is 6.92 Å². The first-order valence-corrected chi connectivity index (χ1v) is 7.73. The average Bonchev–Trinajstić information content (AvgIpc) is 2.63. The molecule has 0 bridgehead atoms. The van der Waals surface area contributed by atoms with Crippen molar-refractivity contribution in [3.63, 3.8) is 0 Å². The molecule has 0 aliphatic carbocycles. The summed E-state index contributed by atoms with van der Waals surface area (Å²) in [5, 5.41) is 7.88. The Morgan fingerprint density at radius 3 is 2.36 bits per heavy atom. The zero-order valence-electron chi connectivity index (χ0n) is 13.8. The lowest BCUT2D eigenvalue weighted by Crippen LogP contribution is -2.32. The molecule has 2 aromatic rings. The third kappa shape index (κ3) is 5.43. The van der Waals surface area contributed by atoms with Gasteiger partial charge in [-0.15, -0.1) is 0 Å². The Kier molecular flexibility index (Phi) is 6.25. The molecule has 0 aromatic heterocycles. The highest BCUT2D eigenvalue weighted by molar-refractivity contribution is 6.00. The van der Waals surface area contributed by atoms with Crippen molar-refractivity contribution in [2.45, 2.75) is 6.92 Å². The van der Waals surface area contributed by atoms with Crippen molar-refractivity contribution in [1.82, 2.24) is 5.32 Å². The Hall–Kier alpha value is -3.19. The van der Waals surface area contributed by atoms with Crippen LogP contribution in [-0.4, -0.2) is 30.8 Å². The molecule has 0 aliphatic rings. The van der Waals surface area contributed by atoms with E-state index in [1.165, 1.54) is 0 Å². The second kappa shape index (κ2) is 8.60. The first kappa shape index (κ1) is 18.2. The van der Waals surface area contributed by atoms with Gasteiger partial charge in [0.15, 0.2) is 0 Å². The zero-order valence-corrected chi connectivity index (χ0v) is 13.8. The molecule has 25 heavy (non-hydrogen) atoms. The fourth-order valence-corrected chi connectivity index (χ4v) is 2.09. The SMILES string of the molecule is Cc1ccc(NC(=O)CNC(=O)c2ccccc2)cc1NC(=O)CN. The van der Waals surface area contributed by atoms with Crippen molar-refractivity contribution in [3.8, 4) is 0 Å². The van der Waals surface area contributed by atoms with E-state index in [4.69, 9.17) is 5.73 Å². The molecule has 5 N–H and O–H groups in total. The molecule has 0 unspecified atom stereocenters. The van der Waals surface area contributed by atoms with Crippen LogP contribution in [0.5, 0.6) is 0 Å². The Balaban J connectivity index is 1.93. The average molecular weight is 340 g/mol. The summed E-state index contributed by atoms with van der Waals surface area (Å²) in [6, 6.07) is 13.8. The Morgan fingerprint density at radius 2 is 1.68 bits per heavy atom. The molecule has 2 rings (SSSR count). The first-order chi connectivity index (χ1) is 12.0. The third-order valence-corrected chi connectivity index (χ3v) is 3.43. The summed E-state index contributed by atoms with van der Waals surface area (Å²) in [6.45, 7) is 1.55. The minimum atomic E-state index is -0.371. The van der Waals surface area contributed by atoms with Gasteiger partial charge in [-0.1, -0.05) is 24.3 Å². The molecule has 0 radical (unpaired) electrons. The Bertz CT molecular complexity index is 775. The number of nitrogens with two attached hydrogens (primary N) is 1. The Morgan fingerprint density at radius 1 is 0.960 bits per heavy atom. The van der Waals surface area contributed by atoms with Crippen molar-refractivity contribution >= 4 is 29.1 Å². The van der Waals surface area contributed by atoms with Gasteiger partial charge in [-0.3, -0.25) is 14.4 Å². The molecule has 0 atom stereocenters. The normalized spacial score (nSPS) is 10.0. The molecule has 7 heteroatoms. The molecule has 0 heterocycles. The lowest BCUT2D eigenvalue weighted by Gasteiger charge is -2.11. The summed E-state index contributed by atoms with van der Waals surface area (Å²) < 4.78 is 0. The van der Waals surface area contributed by atoms with Crippen LogP contribution < -0.4 is 21.7 Å². The zero-order chi connectivity index (χ0) is 18.2. The number of carbonyl (C=O) groups excluding carboxylic acids is 3. The van der Waals surface area contributed by atoms with Crippen molar-refractivity contribution < 1.29 is 14.4 Å². The molecule has 7 nitrogen and oxygen atoms in total. The number of amides is 3. The van der Waals surface area contributed by atoms with Crippen LogP contribution in [-0.2, 0) is 9.59 Å². The van der Waals surface area contributed by atoms with Gasteiger partial charge in [0, 0.05) is 16.9 Å². The second-order valence-corrected chi connectivity index (χ2v) is 5.38. The van der Waals surface area contributed by atoms with E-state index in [0.29, 0.717) is 16.9 Å². The minimum Gasteiger partial charge on any atom is -0.343 e. The first-order valence-electron chi connectivity index (χ1n) is 7.73. The number of carbonyl (C=O) groups is 3. The maximum Gasteiger partial charge on any atom is 0.251 e. The monoisotopic (exact) mass is 340 g/mol. The minimum absolute atomic E-state index is 0.123. The number of aryl methyl sites for hydroxylation is 1. The predicted molar refractivity (Wildman–Crippen MR) is 96.3 cm³/mol. The summed E-state index contributed by atoms with van der Waals surface area (Å²) in [5.41, 5.74) is 7.69. The number of nitrogens with one attached hydrogen (secondary N) is 3. The molecule has 0 saturated heterocycles. The molecule has 2 aromatic carbocycles. The van der Waals surface area contributed by atoms with E-state index in [1.54, 1.807) is 42.5 Å². The van der Waals surface area contributed by atoms with E-state index in [1.807, 2.05) is 13.0 Å². The smallest absolute Gasteiger partial charge is 0.251 e. The van der Waals surface area contributed by atoms with Crippen LogP contribution in [0.2, 0.25) is 0 Å². The van der Waals surface area contributed by atoms with Gasteiger partial charge in [-0.2, -0.15) is 0 Å². The van der Waals surface area contributed by atoms with E-state index in [-0.39, 0.29) is 30.8 Å². The molecular weight excluding hydrogens is 320 g/mol. The van der Waals surface area contributed by atoms with Gasteiger partial charge in [0.05, 0.1) is 13.1 Å². The number of benzene rings is 2. The molecule has 0 saturated carbocycles. The summed E-state index contributed by atoms with van der Waals surface area (Å²) in [4.78, 5) is 35.3. The van der Waals surface area contributed by atoms with Crippen molar-refractivity contribution in [2.75, 3.05) is 23.7 Å². The van der Waals surface area contributed by atoms with Gasteiger partial charge in [0.1, 0.15) is 0 Å². The summed E-state index contributed by atoms with van der Waals surface area (Å²) in [7, 11) is 0. The van der Waals surface area contributed by atoms with Crippen molar-refractivity contribution in [3.05, 3.63) is 59.7 Å². The van der Waals surface area contributed by atoms with Gasteiger partial charge >= 0.3 is 0 Å². The van der Waals surface area contributed by atoms with E-state index < -0.39 is 0 Å². The number of anilines is 2. The molecule has 3 amide bonds. The maximum absolute atomic E-state index is 12.0. The number of hydrogen-bond acceptors (Lipinski definition) is 4. The molecule has 0 aliphatic heterocycles. The predicted octanol–water partition coefficient (Wildman–Crippen LogP) is 1.26. The van der Waals surface area contributed by atoms with Crippen LogP contribution in [0.3, 0.4) is 0 Å². The largest absolute Gasteiger partial charge is 0.343 e. The second-order valence-electron chi connectivity index (χ2n) is 5.38. The standard InChI is InChI=1S/C18H20N4O3/c1-12-7-8-14(9-15(12)22-16(23)10-19)21-17(24)11-20-18(25)13-5-3-2-4-6-13/h2-9H,10-11,19H2,1H3,(H,20,25)(H,21,24)(H,22,23). The van der Waals surface area contributed by atoms with Crippen molar-refractivity contribution in [1.29, 1.82) is 0 Å². The van der Waals surface area contributed by atoms with Gasteiger partial charge < -0.3 is 21.7 Å². The van der Waals surface area contributed by atoms with Gasteiger partial charge in [-0.05, 0) is 36.8 Å². The Labute approximate surface area is 145 Å². The van der Waals surface area contributed by atoms with Gasteiger partial charge in [0.25, 0.3) is 5.91 Å². The molecule has 130 valence electrons. The maximum atomic E-state index is 12.0. The summed E-state index contributed by atoms with van der Waals surface area (Å²) >= 11 is 0. The summed E-state index contributed by atoms with van der Waals surface area (Å²) in [6.07, 6.45) is 0. The quantitative estimate of drug-likeness (QED) is 0.634. The molecular formula is C18H20N4O3. The van der Waals surface area contributed by atoms with E-state index in [9.17, 15) is 14.4 Å². The molecule has 0 fully saturated rings. The highest BCUT2D eigenvalue weighted by atomic mass is 16.2. The number of rotatable bonds is 6. The fourth-order valence-electron chi connectivity index (χ4n) is 2.09. The van der Waals surface area contributed by atoms with Gasteiger partial charge in [0.2, 0.25) is 11.8 Å². The highest BCUT2D eigenvalue weighted by Gasteiger charge is 2.09. The van der Waals surface area contributed by atoms with E-state index in [2.05, 4.69) is 16.0 Å². The highest BCUT2D eigenvalue weighted by Crippen LogP contribution is 2.20. The van der Waals surface area contributed by atoms with E-state index >= 15 is 0 Å². The van der Waals surface area contributed by atoms with Gasteiger partial charge in [-0.25, -0.2) is 0 Å². The lowest BCUT2D eigenvalue weighted by atomic mass is 10.1. The van der Waals surface area contributed by atoms with Crippen LogP contribution in [0.25, 0.3) is 0 Å². The number of hydrogen-bond donors (Lipinski definition) is 4. The topological polar surface area (TPSA) is 113 Å². The van der Waals surface area contributed by atoms with Crippen LogP contribution in [0.4, 0.5) is 11.4 Å². The third-order valence-electron chi connectivity index (χ3n) is 3.43. The van der Waals surface area contributed by atoms with Crippen LogP contribution in [0.1, 0.15) is 15.9 Å². The fraction of sp³-hybridized carbons (Fsp3) is 0.167. The summed E-state index contributed by atoms with van der Waals surface area (Å²) in [5.74, 6) is -1.01. The van der Waals surface area contributed by atoms with Crippen molar-refractivity contribution in [2.24, 2.45) is 5.73 Å². The van der Waals surface area contributed by atoms with E-state index in [0.717, 1.165) is 5.56 Å². The van der Waals surface area contributed by atoms with Crippen LogP contribution >= 0.6 is 0 Å². The van der Waals surface area contributed by atoms with Crippen LogP contribution in [0.15, 0.2) is 48.5 Å². The lowest BCUT2D eigenvalue weighted by molar-refractivity contribution is -0.115. The molecule has 0 spiro atoms.